The van der Waals surface area contributed by atoms with Crippen molar-refractivity contribution in [1.29, 1.82) is 0 Å². The average Bonchev–Trinajstić information content (AvgIpc) is 3.04. The lowest BCUT2D eigenvalue weighted by atomic mass is 10.1. The molecule has 0 saturated carbocycles. The highest BCUT2D eigenvalue weighted by atomic mass is 16.5. The van der Waals surface area contributed by atoms with Crippen LogP contribution in [-0.2, 0) is 25.7 Å². The minimum absolute atomic E-state index is 0.0954. The topological polar surface area (TPSA) is 95.9 Å². The fraction of sp³-hybridized carbons (Fsp3) is 0.438. The molecule has 1 heterocycles. The second-order valence-electron chi connectivity index (χ2n) is 5.38. The number of ether oxygens (including phenoxy) is 1. The molecule has 1 aromatic carbocycles. The number of carbonyl (C=O) groups excluding carboxylic acids is 2. The number of carboxylic acid groups (broad SMARTS) is 1. The summed E-state index contributed by atoms with van der Waals surface area (Å²) >= 11 is 0. The molecular formula is C16H20N2O5. The molecule has 1 aliphatic heterocycles. The first-order valence-corrected chi connectivity index (χ1v) is 7.43. The lowest BCUT2D eigenvalue weighted by Crippen LogP contribution is -2.44. The average molecular weight is 320 g/mol. The zero-order chi connectivity index (χ0) is 16.8. The summed E-state index contributed by atoms with van der Waals surface area (Å²) in [7, 11) is 1.50. The van der Waals surface area contributed by atoms with Gasteiger partial charge >= 0.3 is 5.97 Å². The summed E-state index contributed by atoms with van der Waals surface area (Å²) in [4.78, 5) is 36.6. The molecule has 1 aromatic rings. The molecular weight excluding hydrogens is 300 g/mol. The number of benzene rings is 1. The van der Waals surface area contributed by atoms with Crippen LogP contribution in [0.25, 0.3) is 0 Å². The van der Waals surface area contributed by atoms with Gasteiger partial charge in [-0.2, -0.15) is 0 Å². The maximum atomic E-state index is 12.6. The molecule has 0 aliphatic carbocycles. The zero-order valence-electron chi connectivity index (χ0n) is 12.9. The van der Waals surface area contributed by atoms with E-state index in [1.165, 1.54) is 11.9 Å². The zero-order valence-corrected chi connectivity index (χ0v) is 12.9. The van der Waals surface area contributed by atoms with Crippen molar-refractivity contribution in [2.75, 3.05) is 13.6 Å². The van der Waals surface area contributed by atoms with Gasteiger partial charge in [-0.15, -0.1) is 0 Å². The first kappa shape index (κ1) is 17.0. The summed E-state index contributed by atoms with van der Waals surface area (Å²) in [5, 5.41) is 11.4. The van der Waals surface area contributed by atoms with E-state index in [0.29, 0.717) is 12.8 Å². The quantitative estimate of drug-likeness (QED) is 0.790. The van der Waals surface area contributed by atoms with Crippen LogP contribution in [0.3, 0.4) is 0 Å². The number of hydrogen-bond acceptors (Lipinski definition) is 4. The molecule has 2 rings (SSSR count). The summed E-state index contributed by atoms with van der Waals surface area (Å²) in [6.45, 7) is 0.173. The largest absolute Gasteiger partial charge is 0.479 e. The molecule has 1 fully saturated rings. The Balaban J connectivity index is 2.08. The number of likely N-dealkylation sites (N-methyl/N-ethyl adjacent to an activating group) is 1. The van der Waals surface area contributed by atoms with Crippen LogP contribution >= 0.6 is 0 Å². The number of amides is 2. The normalized spacial score (nSPS) is 20.0. The molecule has 2 amide bonds. The van der Waals surface area contributed by atoms with E-state index >= 15 is 0 Å². The summed E-state index contributed by atoms with van der Waals surface area (Å²) in [5.41, 5.74) is 0.887. The van der Waals surface area contributed by atoms with E-state index in [1.54, 1.807) is 0 Å². The molecule has 1 aliphatic rings. The third-order valence-electron chi connectivity index (χ3n) is 3.71. The number of rotatable bonds is 6. The number of aliphatic carboxylic acids is 1. The molecule has 7 heteroatoms. The van der Waals surface area contributed by atoms with Gasteiger partial charge in [-0.3, -0.25) is 9.59 Å². The van der Waals surface area contributed by atoms with Gasteiger partial charge in [0.05, 0.1) is 6.54 Å². The standard InChI is InChI=1S/C16H20N2O5/c1-17-14(19)10-18(9-11-5-3-2-4-6-11)15(20)12-7-8-13(23-12)16(21)22/h2-6,12-13H,7-10H2,1H3,(H,17,19)(H,21,22)/t12-,13+/m0/s1. The van der Waals surface area contributed by atoms with Crippen LogP contribution in [0, 0.1) is 0 Å². The van der Waals surface area contributed by atoms with Crippen LogP contribution in [-0.4, -0.2) is 53.6 Å². The van der Waals surface area contributed by atoms with Crippen LogP contribution in [0.2, 0.25) is 0 Å². The lowest BCUT2D eigenvalue weighted by Gasteiger charge is -2.25. The fourth-order valence-electron chi connectivity index (χ4n) is 2.47. The molecule has 0 aromatic heterocycles. The molecule has 0 bridgehead atoms. The van der Waals surface area contributed by atoms with E-state index in [9.17, 15) is 14.4 Å². The van der Waals surface area contributed by atoms with E-state index < -0.39 is 18.2 Å². The Hall–Kier alpha value is -2.41. The molecule has 124 valence electrons. The predicted octanol–water partition coefficient (Wildman–Crippen LogP) is 0.393. The summed E-state index contributed by atoms with van der Waals surface area (Å²) in [5.74, 6) is -1.72. The van der Waals surface area contributed by atoms with Crippen LogP contribution in [0.15, 0.2) is 30.3 Å². The van der Waals surface area contributed by atoms with E-state index in [2.05, 4.69) is 5.32 Å². The van der Waals surface area contributed by atoms with Crippen molar-refractivity contribution in [2.24, 2.45) is 0 Å². The molecule has 2 atom stereocenters. The Bertz CT molecular complexity index is 575. The lowest BCUT2D eigenvalue weighted by molar-refractivity contribution is -0.156. The highest BCUT2D eigenvalue weighted by Gasteiger charge is 2.37. The van der Waals surface area contributed by atoms with Crippen molar-refractivity contribution >= 4 is 17.8 Å². The molecule has 23 heavy (non-hydrogen) atoms. The summed E-state index contributed by atoms with van der Waals surface area (Å²) in [6, 6.07) is 9.29. The second kappa shape index (κ2) is 7.73. The van der Waals surface area contributed by atoms with Crippen molar-refractivity contribution in [3.8, 4) is 0 Å². The Morgan fingerprint density at radius 1 is 1.22 bits per heavy atom. The smallest absolute Gasteiger partial charge is 0.332 e. The van der Waals surface area contributed by atoms with Crippen molar-refractivity contribution in [3.05, 3.63) is 35.9 Å². The third kappa shape index (κ3) is 4.53. The van der Waals surface area contributed by atoms with Gasteiger partial charge in [0.15, 0.2) is 6.10 Å². The fourth-order valence-corrected chi connectivity index (χ4v) is 2.47. The van der Waals surface area contributed by atoms with Crippen molar-refractivity contribution in [2.45, 2.75) is 31.6 Å². The van der Waals surface area contributed by atoms with Crippen LogP contribution in [0.4, 0.5) is 0 Å². The first-order valence-electron chi connectivity index (χ1n) is 7.43. The van der Waals surface area contributed by atoms with Gasteiger partial charge in [0.2, 0.25) is 5.91 Å². The van der Waals surface area contributed by atoms with Gasteiger partial charge in [-0.05, 0) is 18.4 Å². The van der Waals surface area contributed by atoms with Gasteiger partial charge in [-0.25, -0.2) is 4.79 Å². The van der Waals surface area contributed by atoms with Crippen LogP contribution in [0.5, 0.6) is 0 Å². The number of carboxylic acids is 1. The molecule has 2 N–H and O–H groups in total. The minimum Gasteiger partial charge on any atom is -0.479 e. The van der Waals surface area contributed by atoms with Gasteiger partial charge < -0.3 is 20.1 Å². The molecule has 7 nitrogen and oxygen atoms in total. The highest BCUT2D eigenvalue weighted by molar-refractivity contribution is 5.87. The molecule has 0 spiro atoms. The Morgan fingerprint density at radius 3 is 2.43 bits per heavy atom. The molecule has 0 unspecified atom stereocenters. The van der Waals surface area contributed by atoms with E-state index in [1.807, 2.05) is 30.3 Å². The second-order valence-corrected chi connectivity index (χ2v) is 5.38. The third-order valence-corrected chi connectivity index (χ3v) is 3.71. The summed E-state index contributed by atoms with van der Waals surface area (Å²) < 4.78 is 5.30. The van der Waals surface area contributed by atoms with Crippen LogP contribution < -0.4 is 5.32 Å². The molecule has 0 radical (unpaired) electrons. The van der Waals surface area contributed by atoms with E-state index in [-0.39, 0.29) is 24.9 Å². The molecule has 1 saturated heterocycles. The Labute approximate surface area is 134 Å². The first-order chi connectivity index (χ1) is 11.0. The van der Waals surface area contributed by atoms with Crippen molar-refractivity contribution < 1.29 is 24.2 Å². The van der Waals surface area contributed by atoms with Crippen molar-refractivity contribution in [1.82, 2.24) is 10.2 Å². The monoisotopic (exact) mass is 320 g/mol. The van der Waals surface area contributed by atoms with E-state index in [4.69, 9.17) is 9.84 Å². The van der Waals surface area contributed by atoms with Crippen LogP contribution in [0.1, 0.15) is 18.4 Å². The van der Waals surface area contributed by atoms with Gasteiger partial charge in [0, 0.05) is 13.6 Å². The van der Waals surface area contributed by atoms with E-state index in [0.717, 1.165) is 5.56 Å². The maximum absolute atomic E-state index is 12.6. The van der Waals surface area contributed by atoms with Gasteiger partial charge in [0.25, 0.3) is 5.91 Å². The van der Waals surface area contributed by atoms with Gasteiger partial charge in [0.1, 0.15) is 6.10 Å². The highest BCUT2D eigenvalue weighted by Crippen LogP contribution is 2.22. The summed E-state index contributed by atoms with van der Waals surface area (Å²) in [6.07, 6.45) is -1.13. The predicted molar refractivity (Wildman–Crippen MR) is 81.5 cm³/mol. The SMILES string of the molecule is CNC(=O)CN(Cc1ccccc1)C(=O)[C@@H]1CC[C@H](C(=O)O)O1. The number of hydrogen-bond donors (Lipinski definition) is 2. The van der Waals surface area contributed by atoms with Gasteiger partial charge in [-0.1, -0.05) is 30.3 Å². The number of carbonyl (C=O) groups is 3. The Morgan fingerprint density at radius 2 is 1.87 bits per heavy atom. The maximum Gasteiger partial charge on any atom is 0.332 e. The Kier molecular flexibility index (Phi) is 5.70. The number of nitrogens with one attached hydrogen (secondary N) is 1. The minimum atomic E-state index is -1.07. The van der Waals surface area contributed by atoms with Crippen molar-refractivity contribution in [3.63, 3.8) is 0 Å². The number of nitrogens with zero attached hydrogens (tertiary/aromatic N) is 1.